The Hall–Kier alpha value is -1.28. The van der Waals surface area contributed by atoms with Crippen molar-refractivity contribution in [2.45, 2.75) is 50.0 Å². The fourth-order valence-electron chi connectivity index (χ4n) is 4.72. The first-order valence-corrected chi connectivity index (χ1v) is 13.0. The molecule has 0 radical (unpaired) electrons. The number of halogens is 1. The van der Waals surface area contributed by atoms with E-state index in [1.54, 1.807) is 0 Å². The zero-order chi connectivity index (χ0) is 21.2. The molecule has 3 fully saturated rings. The Morgan fingerprint density at radius 3 is 2.60 bits per heavy atom. The van der Waals surface area contributed by atoms with Crippen molar-refractivity contribution in [3.8, 4) is 0 Å². The van der Waals surface area contributed by atoms with Gasteiger partial charge in [0.1, 0.15) is 0 Å². The maximum atomic E-state index is 11.9. The predicted molar refractivity (Wildman–Crippen MR) is 122 cm³/mol. The van der Waals surface area contributed by atoms with Gasteiger partial charge in [0.25, 0.3) is 0 Å². The molecular weight excluding hydrogens is 420 g/mol. The van der Waals surface area contributed by atoms with Crippen LogP contribution in [0, 0.1) is 17.2 Å². The molecule has 2 saturated carbocycles. The highest BCUT2D eigenvalue weighted by atomic mass is 35.5. The minimum Gasteiger partial charge on any atom is -0.308 e. The molecule has 4 rings (SSSR count). The lowest BCUT2D eigenvalue weighted by molar-refractivity contribution is 0.196. The summed E-state index contributed by atoms with van der Waals surface area (Å²) in [4.78, 5) is 4.45. The van der Waals surface area contributed by atoms with Crippen LogP contribution in [0.1, 0.15) is 44.1 Å². The Morgan fingerprint density at radius 2 is 1.97 bits per heavy atom. The highest BCUT2D eigenvalue weighted by Gasteiger charge is 2.49. The van der Waals surface area contributed by atoms with Crippen LogP contribution in [0.5, 0.6) is 0 Å². The summed E-state index contributed by atoms with van der Waals surface area (Å²) in [5, 5.41) is 13.2. The van der Waals surface area contributed by atoms with Gasteiger partial charge in [-0.05, 0) is 62.3 Å². The number of sulfonamides is 1. The van der Waals surface area contributed by atoms with Crippen molar-refractivity contribution >= 4 is 33.6 Å². The lowest BCUT2D eigenvalue weighted by atomic mass is 9.57. The summed E-state index contributed by atoms with van der Waals surface area (Å²) >= 11 is 6.08. The van der Waals surface area contributed by atoms with Gasteiger partial charge in [0.2, 0.25) is 10.0 Å². The molecule has 1 aromatic rings. The van der Waals surface area contributed by atoms with Crippen LogP contribution in [-0.2, 0) is 15.4 Å². The van der Waals surface area contributed by atoms with Crippen LogP contribution in [0.3, 0.4) is 0 Å². The lowest BCUT2D eigenvalue weighted by Crippen LogP contribution is -2.61. The van der Waals surface area contributed by atoms with Crippen molar-refractivity contribution in [1.82, 2.24) is 10.0 Å². The number of hydrogen-bond donors (Lipinski definition) is 3. The number of nitrogens with zero attached hydrogens (tertiary/aromatic N) is 1. The molecule has 1 heterocycles. The van der Waals surface area contributed by atoms with E-state index in [-0.39, 0.29) is 23.1 Å². The van der Waals surface area contributed by atoms with Crippen molar-refractivity contribution in [1.29, 1.82) is 5.41 Å². The fourth-order valence-corrected chi connectivity index (χ4v) is 6.32. The molecule has 3 aliphatic rings. The molecule has 2 atom stereocenters. The van der Waals surface area contributed by atoms with Crippen LogP contribution in [0.2, 0.25) is 5.02 Å². The first-order chi connectivity index (χ1) is 14.4. The monoisotopic (exact) mass is 450 g/mol. The molecule has 30 heavy (non-hydrogen) atoms. The molecular formula is C22H31ClN4O2S. The number of aliphatic imine (C=N–C) groups is 1. The summed E-state index contributed by atoms with van der Waals surface area (Å²) < 4.78 is 26.5. The molecule has 8 heteroatoms. The van der Waals surface area contributed by atoms with Crippen LogP contribution in [0.4, 0.5) is 0 Å². The minimum atomic E-state index is -3.18. The van der Waals surface area contributed by atoms with Gasteiger partial charge < -0.3 is 10.7 Å². The van der Waals surface area contributed by atoms with E-state index >= 15 is 0 Å². The van der Waals surface area contributed by atoms with E-state index in [4.69, 9.17) is 17.0 Å². The Bertz CT molecular complexity index is 892. The Labute approximate surface area is 184 Å². The average Bonchev–Trinajstić information content (AvgIpc) is 3.47. The van der Waals surface area contributed by atoms with Gasteiger partial charge in [-0.25, -0.2) is 13.1 Å². The average molecular weight is 451 g/mol. The number of hydrogen-bond acceptors (Lipinski definition) is 5. The van der Waals surface area contributed by atoms with Crippen LogP contribution in [0.15, 0.2) is 29.3 Å². The lowest BCUT2D eigenvalue weighted by Gasteiger charge is -2.51. The number of piperidine rings is 1. The van der Waals surface area contributed by atoms with Crippen molar-refractivity contribution in [3.63, 3.8) is 0 Å². The van der Waals surface area contributed by atoms with E-state index in [1.807, 2.05) is 18.3 Å². The zero-order valence-electron chi connectivity index (χ0n) is 17.2. The Balaban J connectivity index is 1.34. The zero-order valence-corrected chi connectivity index (χ0v) is 18.8. The molecule has 6 nitrogen and oxygen atoms in total. The van der Waals surface area contributed by atoms with Crippen molar-refractivity contribution in [2.24, 2.45) is 16.8 Å². The second-order valence-electron chi connectivity index (χ2n) is 8.93. The smallest absolute Gasteiger partial charge is 0.211 e. The summed E-state index contributed by atoms with van der Waals surface area (Å²) in [5.74, 6) is 0.589. The van der Waals surface area contributed by atoms with Crippen molar-refractivity contribution < 1.29 is 8.42 Å². The maximum absolute atomic E-state index is 11.9. The van der Waals surface area contributed by atoms with Crippen LogP contribution >= 0.6 is 11.6 Å². The second-order valence-corrected chi connectivity index (χ2v) is 11.2. The molecule has 2 aliphatic carbocycles. The fraction of sp³-hybridized carbons (Fsp3) is 0.636. The van der Waals surface area contributed by atoms with E-state index in [9.17, 15) is 8.42 Å². The Morgan fingerprint density at radius 1 is 1.23 bits per heavy atom. The normalized spacial score (nSPS) is 26.6. The van der Waals surface area contributed by atoms with Crippen LogP contribution in [-0.4, -0.2) is 51.8 Å². The highest BCUT2D eigenvalue weighted by Crippen LogP contribution is 2.48. The van der Waals surface area contributed by atoms with E-state index in [0.29, 0.717) is 24.7 Å². The summed E-state index contributed by atoms with van der Waals surface area (Å²) in [7, 11) is -3.18. The summed E-state index contributed by atoms with van der Waals surface area (Å²) in [6.45, 7) is 1.59. The quantitative estimate of drug-likeness (QED) is 0.398. The third-order valence-corrected chi connectivity index (χ3v) is 8.54. The predicted octanol–water partition coefficient (Wildman–Crippen LogP) is 3.16. The molecule has 1 aliphatic heterocycles. The molecule has 0 bridgehead atoms. The summed E-state index contributed by atoms with van der Waals surface area (Å²) in [6, 6.07) is 8.08. The summed E-state index contributed by atoms with van der Waals surface area (Å²) in [6.07, 6.45) is 8.07. The number of benzene rings is 1. The molecule has 1 saturated heterocycles. The van der Waals surface area contributed by atoms with Gasteiger partial charge in [0.05, 0.1) is 18.3 Å². The third kappa shape index (κ3) is 4.96. The van der Waals surface area contributed by atoms with Crippen molar-refractivity contribution in [2.75, 3.05) is 25.4 Å². The first kappa shape index (κ1) is 21.9. The van der Waals surface area contributed by atoms with Crippen LogP contribution in [0.25, 0.3) is 0 Å². The number of rotatable bonds is 9. The minimum absolute atomic E-state index is 0.00379. The summed E-state index contributed by atoms with van der Waals surface area (Å²) in [5.41, 5.74) is 1.91. The van der Waals surface area contributed by atoms with E-state index in [0.717, 1.165) is 43.7 Å². The molecule has 3 N–H and O–H groups in total. The van der Waals surface area contributed by atoms with Gasteiger partial charge in [0.15, 0.2) is 0 Å². The van der Waals surface area contributed by atoms with Gasteiger partial charge in [-0.2, -0.15) is 0 Å². The standard InChI is InChI=1S/C22H31ClN4O2S/c23-19-6-4-18(5-7-19)22(9-1-10-22)21-20(24)17(8-11-26-21)14-25-12-13-27-30(28,29)15-16-2-3-16/h4-7,14,16-17,21,24,26-27H,1-3,8-13,15H2. The molecule has 2 unspecified atom stereocenters. The largest absolute Gasteiger partial charge is 0.308 e. The van der Waals surface area contributed by atoms with Gasteiger partial charge in [-0.1, -0.05) is 30.2 Å². The Kier molecular flexibility index (Phi) is 6.63. The molecule has 164 valence electrons. The van der Waals surface area contributed by atoms with E-state index in [1.165, 1.54) is 12.0 Å². The second kappa shape index (κ2) is 9.07. The third-order valence-electron chi connectivity index (χ3n) is 6.73. The van der Waals surface area contributed by atoms with Gasteiger partial charge >= 0.3 is 0 Å². The van der Waals surface area contributed by atoms with Crippen molar-refractivity contribution in [3.05, 3.63) is 34.9 Å². The molecule has 0 aromatic heterocycles. The maximum Gasteiger partial charge on any atom is 0.211 e. The molecule has 1 aromatic carbocycles. The molecule has 0 spiro atoms. The highest BCUT2D eigenvalue weighted by molar-refractivity contribution is 7.89. The number of nitrogens with one attached hydrogen (secondary N) is 3. The van der Waals surface area contributed by atoms with Gasteiger partial charge in [-0.15, -0.1) is 0 Å². The van der Waals surface area contributed by atoms with Gasteiger partial charge in [-0.3, -0.25) is 4.99 Å². The first-order valence-electron chi connectivity index (χ1n) is 10.9. The van der Waals surface area contributed by atoms with Crippen LogP contribution < -0.4 is 10.0 Å². The van der Waals surface area contributed by atoms with Gasteiger partial charge in [0, 0.05) is 34.8 Å². The topological polar surface area (TPSA) is 94.4 Å². The van der Waals surface area contributed by atoms with E-state index in [2.05, 4.69) is 27.2 Å². The molecule has 0 amide bonds. The van der Waals surface area contributed by atoms with E-state index < -0.39 is 10.0 Å². The SMILES string of the molecule is N=C1C(C=NCCNS(=O)(=O)CC2CC2)CCNC1C1(c2ccc(Cl)cc2)CCC1.